The number of benzene rings is 2. The van der Waals surface area contributed by atoms with Crippen molar-refractivity contribution in [1.82, 2.24) is 0 Å². The Morgan fingerprint density at radius 3 is 2.08 bits per heavy atom. The van der Waals surface area contributed by atoms with Crippen LogP contribution in [-0.2, 0) is 0 Å². The van der Waals surface area contributed by atoms with Crippen LogP contribution in [0.4, 0.5) is 8.78 Å². The van der Waals surface area contributed by atoms with Crippen LogP contribution in [0, 0.1) is 25.5 Å². The Morgan fingerprint density at radius 2 is 1.54 bits per heavy atom. The molecule has 0 aromatic heterocycles. The van der Waals surface area contributed by atoms with E-state index in [1.165, 1.54) is 18.2 Å². The number of phenols is 2. The molecule has 0 saturated carbocycles. The van der Waals surface area contributed by atoms with Gasteiger partial charge in [-0.2, -0.15) is 0 Å². The van der Waals surface area contributed by atoms with Crippen molar-refractivity contribution in [2.45, 2.75) is 33.3 Å². The highest BCUT2D eigenvalue weighted by atomic mass is 19.2. The second kappa shape index (κ2) is 6.24. The maximum atomic E-state index is 13.6. The maximum Gasteiger partial charge on any atom is 0.159 e. The van der Waals surface area contributed by atoms with Gasteiger partial charge in [0.15, 0.2) is 11.6 Å². The van der Waals surface area contributed by atoms with Crippen LogP contribution in [0.5, 0.6) is 11.5 Å². The van der Waals surface area contributed by atoms with E-state index in [9.17, 15) is 24.1 Å². The Balaban J connectivity index is 2.82. The molecule has 24 heavy (non-hydrogen) atoms. The molecule has 2 aromatic carbocycles. The fraction of sp³-hybridized carbons (Fsp3) is 0.263. The lowest BCUT2D eigenvalue weighted by molar-refractivity contribution is 0.134. The predicted molar refractivity (Wildman–Crippen MR) is 89.9 cm³/mol. The van der Waals surface area contributed by atoms with E-state index < -0.39 is 17.2 Å². The lowest BCUT2D eigenvalue weighted by Gasteiger charge is -2.18. The molecule has 3 N–H and O–H groups in total. The topological polar surface area (TPSA) is 60.7 Å². The predicted octanol–water partition coefficient (Wildman–Crippen LogP) is 4.44. The van der Waals surface area contributed by atoms with Gasteiger partial charge in [-0.3, -0.25) is 0 Å². The Bertz CT molecular complexity index is 819. The molecule has 3 nitrogen and oxygen atoms in total. The van der Waals surface area contributed by atoms with Crippen LogP contribution in [0.2, 0.25) is 0 Å². The van der Waals surface area contributed by atoms with Crippen molar-refractivity contribution in [3.63, 3.8) is 0 Å². The van der Waals surface area contributed by atoms with Crippen LogP contribution in [0.15, 0.2) is 24.3 Å². The van der Waals surface area contributed by atoms with E-state index in [0.717, 1.165) is 12.1 Å². The van der Waals surface area contributed by atoms with Gasteiger partial charge in [0.1, 0.15) is 11.5 Å². The van der Waals surface area contributed by atoms with E-state index >= 15 is 0 Å². The highest BCUT2D eigenvalue weighted by Gasteiger charge is 2.21. The molecule has 0 aliphatic carbocycles. The monoisotopic (exact) mass is 334 g/mol. The molecule has 0 atom stereocenters. The molecule has 0 unspecified atom stereocenters. The van der Waals surface area contributed by atoms with Gasteiger partial charge in [0.25, 0.3) is 0 Å². The molecule has 0 aliphatic heterocycles. The molecule has 0 aliphatic rings. The SMILES string of the molecule is Cc1c(C)c(O)c(-c2ccc(F)c(F)c2)c(C=CC(C)(C)O)c1O. The average Bonchev–Trinajstić information content (AvgIpc) is 2.49. The van der Waals surface area contributed by atoms with Crippen molar-refractivity contribution in [3.8, 4) is 22.6 Å². The first-order chi connectivity index (χ1) is 11.0. The highest BCUT2D eigenvalue weighted by Crippen LogP contribution is 2.44. The van der Waals surface area contributed by atoms with Crippen molar-refractivity contribution < 1.29 is 24.1 Å². The average molecular weight is 334 g/mol. The summed E-state index contributed by atoms with van der Waals surface area (Å²) >= 11 is 0. The summed E-state index contributed by atoms with van der Waals surface area (Å²) in [6.07, 6.45) is 2.90. The van der Waals surface area contributed by atoms with Gasteiger partial charge in [0, 0.05) is 11.1 Å². The molecule has 2 rings (SSSR count). The standard InChI is InChI=1S/C19H20F2O3/c1-10-11(2)18(23)16(12-5-6-14(20)15(21)9-12)13(17(10)22)7-8-19(3,4)24/h5-9,22-24H,1-4H3. The Hall–Kier alpha value is -2.40. The quantitative estimate of drug-likeness (QED) is 0.727. The zero-order valence-corrected chi connectivity index (χ0v) is 14.0. The minimum Gasteiger partial charge on any atom is -0.507 e. The third kappa shape index (κ3) is 3.41. The molecule has 0 fully saturated rings. The van der Waals surface area contributed by atoms with Crippen molar-refractivity contribution in [2.75, 3.05) is 0 Å². The van der Waals surface area contributed by atoms with E-state index in [2.05, 4.69) is 0 Å². The lowest BCUT2D eigenvalue weighted by atomic mass is 9.91. The Morgan fingerprint density at radius 1 is 0.958 bits per heavy atom. The molecule has 0 bridgehead atoms. The van der Waals surface area contributed by atoms with E-state index in [1.807, 2.05) is 0 Å². The first-order valence-electron chi connectivity index (χ1n) is 7.45. The van der Waals surface area contributed by atoms with Crippen LogP contribution < -0.4 is 0 Å². The number of halogens is 2. The van der Waals surface area contributed by atoms with Crippen LogP contribution in [0.1, 0.15) is 30.5 Å². The smallest absolute Gasteiger partial charge is 0.159 e. The molecule has 0 radical (unpaired) electrons. The molecular formula is C19H20F2O3. The van der Waals surface area contributed by atoms with Crippen molar-refractivity contribution in [1.29, 1.82) is 0 Å². The van der Waals surface area contributed by atoms with Crippen molar-refractivity contribution >= 4 is 6.08 Å². The summed E-state index contributed by atoms with van der Waals surface area (Å²) in [5, 5.41) is 30.8. The summed E-state index contributed by atoms with van der Waals surface area (Å²) in [5.41, 5.74) is 0.382. The largest absolute Gasteiger partial charge is 0.507 e. The molecule has 0 heterocycles. The van der Waals surface area contributed by atoms with E-state index in [4.69, 9.17) is 0 Å². The van der Waals surface area contributed by atoms with Gasteiger partial charge in [0.05, 0.1) is 5.60 Å². The molecule has 0 saturated heterocycles. The zero-order chi connectivity index (χ0) is 18.2. The van der Waals surface area contributed by atoms with Crippen molar-refractivity contribution in [2.24, 2.45) is 0 Å². The van der Waals surface area contributed by atoms with Crippen LogP contribution in [0.25, 0.3) is 17.2 Å². The van der Waals surface area contributed by atoms with E-state index in [0.29, 0.717) is 11.1 Å². The molecule has 0 amide bonds. The summed E-state index contributed by atoms with van der Waals surface area (Å²) in [5.74, 6) is -2.28. The van der Waals surface area contributed by atoms with Gasteiger partial charge in [-0.15, -0.1) is 0 Å². The van der Waals surface area contributed by atoms with Gasteiger partial charge < -0.3 is 15.3 Å². The number of hydrogen-bond donors (Lipinski definition) is 3. The fourth-order valence-corrected chi connectivity index (χ4v) is 2.38. The summed E-state index contributed by atoms with van der Waals surface area (Å²) in [4.78, 5) is 0. The van der Waals surface area contributed by atoms with Crippen molar-refractivity contribution in [3.05, 3.63) is 52.6 Å². The minimum atomic E-state index is -1.15. The van der Waals surface area contributed by atoms with Gasteiger partial charge in [0.2, 0.25) is 0 Å². The maximum absolute atomic E-state index is 13.6. The number of hydrogen-bond acceptors (Lipinski definition) is 3. The molecule has 0 spiro atoms. The first-order valence-corrected chi connectivity index (χ1v) is 7.45. The third-order valence-corrected chi connectivity index (χ3v) is 3.90. The second-order valence-corrected chi connectivity index (χ2v) is 6.35. The fourth-order valence-electron chi connectivity index (χ4n) is 2.38. The summed E-state index contributed by atoms with van der Waals surface area (Å²) in [7, 11) is 0. The van der Waals surface area contributed by atoms with Crippen LogP contribution in [0.3, 0.4) is 0 Å². The molecular weight excluding hydrogens is 314 g/mol. The van der Waals surface area contributed by atoms with Crippen LogP contribution >= 0.6 is 0 Å². The van der Waals surface area contributed by atoms with E-state index in [-0.39, 0.29) is 28.2 Å². The normalized spacial score (nSPS) is 12.1. The summed E-state index contributed by atoms with van der Waals surface area (Å²) in [6, 6.07) is 3.24. The van der Waals surface area contributed by atoms with Gasteiger partial charge >= 0.3 is 0 Å². The zero-order valence-electron chi connectivity index (χ0n) is 14.0. The Labute approximate surface area is 139 Å². The van der Waals surface area contributed by atoms with Gasteiger partial charge in [-0.25, -0.2) is 8.78 Å². The minimum absolute atomic E-state index is 0.0921. The second-order valence-electron chi connectivity index (χ2n) is 6.35. The molecule has 5 heteroatoms. The first kappa shape index (κ1) is 17.9. The Kier molecular flexibility index (Phi) is 4.67. The number of aliphatic hydroxyl groups is 1. The van der Waals surface area contributed by atoms with E-state index in [1.54, 1.807) is 27.7 Å². The van der Waals surface area contributed by atoms with Gasteiger partial charge in [-0.05, 0) is 56.5 Å². The summed E-state index contributed by atoms with van der Waals surface area (Å²) in [6.45, 7) is 6.37. The summed E-state index contributed by atoms with van der Waals surface area (Å²) < 4.78 is 26.8. The number of aromatic hydroxyl groups is 2. The third-order valence-electron chi connectivity index (χ3n) is 3.90. The lowest BCUT2D eigenvalue weighted by Crippen LogP contribution is -2.13. The number of phenolic OH excluding ortho intramolecular Hbond substituents is 2. The van der Waals surface area contributed by atoms with Gasteiger partial charge in [-0.1, -0.05) is 18.2 Å². The van der Waals surface area contributed by atoms with Crippen LogP contribution in [-0.4, -0.2) is 20.9 Å². The molecule has 128 valence electrons. The number of rotatable bonds is 3. The highest BCUT2D eigenvalue weighted by molar-refractivity contribution is 5.86. The molecule has 2 aromatic rings.